The van der Waals surface area contributed by atoms with Gasteiger partial charge < -0.3 is 0 Å². The Morgan fingerprint density at radius 3 is 2.50 bits per heavy atom. The highest BCUT2D eigenvalue weighted by atomic mass is 35.5. The smallest absolute Gasteiger partial charge is 0.293 e. The van der Waals surface area contributed by atoms with Crippen LogP contribution in [0.25, 0.3) is 10.6 Å². The molecule has 2 aromatic heterocycles. The number of carbonyl (C=O) groups is 1. The Bertz CT molecular complexity index is 913. The molecule has 0 saturated heterocycles. The Kier molecular flexibility index (Phi) is 5.64. The fourth-order valence-corrected chi connectivity index (χ4v) is 3.60. The van der Waals surface area contributed by atoms with Gasteiger partial charge in [0.1, 0.15) is 5.69 Å². The molecule has 3 nitrogen and oxygen atoms in total. The summed E-state index contributed by atoms with van der Waals surface area (Å²) in [5.41, 5.74) is -0.423. The van der Waals surface area contributed by atoms with E-state index in [1.165, 1.54) is 11.3 Å². The number of rotatable bonds is 5. The van der Waals surface area contributed by atoms with E-state index in [9.17, 15) is 18.0 Å². The van der Waals surface area contributed by atoms with Gasteiger partial charge in [-0.2, -0.15) is 13.2 Å². The monoisotopic (exact) mass is 414 g/mol. The number of nitrogens with zero attached hydrogens (tertiary/aromatic N) is 2. The Balaban J connectivity index is 1.83. The zero-order chi connectivity index (χ0) is 18.7. The van der Waals surface area contributed by atoms with Crippen LogP contribution in [0.4, 0.5) is 13.2 Å². The van der Waals surface area contributed by atoms with Crippen molar-refractivity contribution < 1.29 is 18.0 Å². The number of alkyl halides is 3. The van der Waals surface area contributed by atoms with Gasteiger partial charge in [0.05, 0.1) is 16.3 Å². The number of carbonyl (C=O) groups excluding carboxylic acids is 1. The number of halogens is 4. The van der Waals surface area contributed by atoms with Gasteiger partial charge in [-0.25, -0.2) is 9.97 Å². The van der Waals surface area contributed by atoms with Crippen molar-refractivity contribution in [2.24, 2.45) is 0 Å². The number of benzene rings is 1. The van der Waals surface area contributed by atoms with Gasteiger partial charge in [-0.15, -0.1) is 11.3 Å². The van der Waals surface area contributed by atoms with E-state index in [0.29, 0.717) is 15.5 Å². The van der Waals surface area contributed by atoms with Gasteiger partial charge in [0.25, 0.3) is 0 Å². The molecule has 0 bridgehead atoms. The predicted molar refractivity (Wildman–Crippen MR) is 96.9 cm³/mol. The Labute approximate surface area is 160 Å². The van der Waals surface area contributed by atoms with Crippen LogP contribution < -0.4 is 0 Å². The molecule has 0 atom stereocenters. The highest BCUT2D eigenvalue weighted by molar-refractivity contribution is 7.99. The van der Waals surface area contributed by atoms with E-state index in [1.54, 1.807) is 41.8 Å². The second-order valence-electron chi connectivity index (χ2n) is 5.11. The van der Waals surface area contributed by atoms with Crippen molar-refractivity contribution in [2.75, 3.05) is 5.75 Å². The normalized spacial score (nSPS) is 11.5. The second-order valence-corrected chi connectivity index (χ2v) is 7.44. The zero-order valence-corrected chi connectivity index (χ0v) is 15.3. The van der Waals surface area contributed by atoms with Crippen LogP contribution in [0.1, 0.15) is 16.1 Å². The maximum absolute atomic E-state index is 13.1. The predicted octanol–water partition coefficient (Wildman–Crippen LogP) is 5.85. The molecular weight excluding hydrogens is 405 g/mol. The lowest BCUT2D eigenvalue weighted by atomic mass is 10.1. The van der Waals surface area contributed by atoms with E-state index in [2.05, 4.69) is 9.97 Å². The minimum Gasteiger partial charge on any atom is -0.293 e. The highest BCUT2D eigenvalue weighted by Crippen LogP contribution is 2.33. The fourth-order valence-electron chi connectivity index (χ4n) is 2.03. The summed E-state index contributed by atoms with van der Waals surface area (Å²) < 4.78 is 39.3. The standard InChI is InChI=1S/C17H10ClF3N2OS2/c18-11-5-3-10(4-6-11)13(24)9-26-16-22-12(14-2-1-7-25-14)8-15(23-16)17(19,20)21/h1-8H,9H2. The maximum atomic E-state index is 13.1. The van der Waals surface area contributed by atoms with E-state index >= 15 is 0 Å². The molecule has 0 spiro atoms. The first-order chi connectivity index (χ1) is 12.3. The Hall–Kier alpha value is -1.90. The van der Waals surface area contributed by atoms with Crippen LogP contribution in [-0.2, 0) is 6.18 Å². The molecule has 1 aromatic carbocycles. The van der Waals surface area contributed by atoms with E-state index < -0.39 is 11.9 Å². The first kappa shape index (κ1) is 18.9. The second kappa shape index (κ2) is 7.77. The van der Waals surface area contributed by atoms with Gasteiger partial charge in [0.2, 0.25) is 0 Å². The molecule has 0 fully saturated rings. The summed E-state index contributed by atoms with van der Waals surface area (Å²) in [6.45, 7) is 0. The molecule has 3 aromatic rings. The van der Waals surface area contributed by atoms with E-state index in [1.807, 2.05) is 0 Å². The summed E-state index contributed by atoms with van der Waals surface area (Å²) >= 11 is 7.92. The Morgan fingerprint density at radius 2 is 1.88 bits per heavy atom. The molecule has 2 heterocycles. The average Bonchev–Trinajstić information content (AvgIpc) is 3.14. The van der Waals surface area contributed by atoms with Crippen LogP contribution >= 0.6 is 34.7 Å². The lowest BCUT2D eigenvalue weighted by molar-refractivity contribution is -0.141. The molecule has 0 radical (unpaired) electrons. The minimum atomic E-state index is -4.59. The number of hydrogen-bond acceptors (Lipinski definition) is 5. The number of hydrogen-bond donors (Lipinski definition) is 0. The number of thiophene rings is 1. The van der Waals surface area contributed by atoms with Gasteiger partial charge in [0, 0.05) is 10.6 Å². The molecule has 3 rings (SSSR count). The highest BCUT2D eigenvalue weighted by Gasteiger charge is 2.34. The SMILES string of the molecule is O=C(CSc1nc(-c2cccs2)cc(C(F)(F)F)n1)c1ccc(Cl)cc1. The van der Waals surface area contributed by atoms with Crippen LogP contribution in [0, 0.1) is 0 Å². The van der Waals surface area contributed by atoms with Gasteiger partial charge in [-0.1, -0.05) is 29.4 Å². The van der Waals surface area contributed by atoms with Gasteiger partial charge >= 0.3 is 6.18 Å². The number of ketones is 1. The van der Waals surface area contributed by atoms with Crippen LogP contribution in [0.3, 0.4) is 0 Å². The van der Waals surface area contributed by atoms with Gasteiger partial charge in [0.15, 0.2) is 10.9 Å². The third-order valence-corrected chi connectivity index (χ3v) is 5.26. The van der Waals surface area contributed by atoms with Crippen molar-refractivity contribution in [3.8, 4) is 10.6 Å². The first-order valence-electron chi connectivity index (χ1n) is 7.24. The topological polar surface area (TPSA) is 42.9 Å². The molecule has 134 valence electrons. The number of Topliss-reactive ketones (excluding diaryl/α,β-unsaturated/α-hetero) is 1. The van der Waals surface area contributed by atoms with Gasteiger partial charge in [-0.05, 0) is 41.8 Å². The van der Waals surface area contributed by atoms with Crippen LogP contribution in [0.5, 0.6) is 0 Å². The van der Waals surface area contributed by atoms with Crippen molar-refractivity contribution in [1.82, 2.24) is 9.97 Å². The molecule has 0 unspecified atom stereocenters. The van der Waals surface area contributed by atoms with Crippen LogP contribution in [0.2, 0.25) is 5.02 Å². The third kappa shape index (κ3) is 4.63. The molecule has 0 aliphatic rings. The summed E-state index contributed by atoms with van der Waals surface area (Å²) in [6, 6.07) is 10.6. The lowest BCUT2D eigenvalue weighted by Crippen LogP contribution is -2.10. The quantitative estimate of drug-likeness (QED) is 0.298. The van der Waals surface area contributed by atoms with Crippen molar-refractivity contribution in [3.63, 3.8) is 0 Å². The van der Waals surface area contributed by atoms with Crippen molar-refractivity contribution in [2.45, 2.75) is 11.3 Å². The van der Waals surface area contributed by atoms with Crippen molar-refractivity contribution >= 4 is 40.5 Å². The molecule has 0 aliphatic heterocycles. The molecule has 0 aliphatic carbocycles. The fraction of sp³-hybridized carbons (Fsp3) is 0.118. The van der Waals surface area contributed by atoms with Gasteiger partial charge in [-0.3, -0.25) is 4.79 Å². The average molecular weight is 415 g/mol. The van der Waals surface area contributed by atoms with E-state index in [-0.39, 0.29) is 22.4 Å². The van der Waals surface area contributed by atoms with Crippen LogP contribution in [-0.4, -0.2) is 21.5 Å². The molecular formula is C17H10ClF3N2OS2. The number of thioether (sulfide) groups is 1. The molecule has 0 saturated carbocycles. The number of aromatic nitrogens is 2. The third-order valence-electron chi connectivity index (χ3n) is 3.27. The van der Waals surface area contributed by atoms with Crippen molar-refractivity contribution in [1.29, 1.82) is 0 Å². The maximum Gasteiger partial charge on any atom is 0.433 e. The zero-order valence-electron chi connectivity index (χ0n) is 13.0. The molecule has 26 heavy (non-hydrogen) atoms. The lowest BCUT2D eigenvalue weighted by Gasteiger charge is -2.09. The largest absolute Gasteiger partial charge is 0.433 e. The Morgan fingerprint density at radius 1 is 1.15 bits per heavy atom. The molecule has 0 N–H and O–H groups in total. The van der Waals surface area contributed by atoms with E-state index in [4.69, 9.17) is 11.6 Å². The van der Waals surface area contributed by atoms with Crippen molar-refractivity contribution in [3.05, 3.63) is 64.1 Å². The summed E-state index contributed by atoms with van der Waals surface area (Å²) in [6.07, 6.45) is -4.59. The summed E-state index contributed by atoms with van der Waals surface area (Å²) in [5.74, 6) is -0.322. The minimum absolute atomic E-state index is 0.0766. The first-order valence-corrected chi connectivity index (χ1v) is 9.49. The summed E-state index contributed by atoms with van der Waals surface area (Å²) in [4.78, 5) is 20.5. The van der Waals surface area contributed by atoms with Crippen LogP contribution in [0.15, 0.2) is 53.0 Å². The van der Waals surface area contributed by atoms with E-state index in [0.717, 1.165) is 17.8 Å². The molecule has 0 amide bonds. The summed E-state index contributed by atoms with van der Waals surface area (Å²) in [7, 11) is 0. The summed E-state index contributed by atoms with van der Waals surface area (Å²) in [5, 5.41) is 2.16. The molecule has 9 heteroatoms.